The second-order valence-electron chi connectivity index (χ2n) is 4.09. The van der Waals surface area contributed by atoms with Crippen LogP contribution in [0.2, 0.25) is 0 Å². The fraction of sp³-hybridized carbons (Fsp3) is 0.417. The van der Waals surface area contributed by atoms with Crippen LogP contribution >= 0.6 is 23.1 Å². The van der Waals surface area contributed by atoms with Crippen molar-refractivity contribution in [1.29, 1.82) is 0 Å². The molecule has 0 aromatic carbocycles. The van der Waals surface area contributed by atoms with Gasteiger partial charge in [0.1, 0.15) is 0 Å². The largest absolute Gasteiger partial charge is 0.481 e. The minimum absolute atomic E-state index is 0.000984. The van der Waals surface area contributed by atoms with Crippen molar-refractivity contribution in [2.75, 3.05) is 5.75 Å². The van der Waals surface area contributed by atoms with E-state index in [1.807, 2.05) is 22.1 Å². The molecule has 2 rings (SSSR count). The Balaban J connectivity index is 2.36. The summed E-state index contributed by atoms with van der Waals surface area (Å²) in [4.78, 5) is 11.7. The average molecular weight is 297 g/mol. The molecule has 0 aliphatic carbocycles. The van der Waals surface area contributed by atoms with E-state index in [2.05, 4.69) is 24.0 Å². The van der Waals surface area contributed by atoms with Gasteiger partial charge in [-0.25, -0.2) is 0 Å². The molecule has 19 heavy (non-hydrogen) atoms. The highest BCUT2D eigenvalue weighted by Gasteiger charge is 2.19. The van der Waals surface area contributed by atoms with E-state index in [0.29, 0.717) is 5.16 Å². The summed E-state index contributed by atoms with van der Waals surface area (Å²) in [5.41, 5.74) is 0. The van der Waals surface area contributed by atoms with E-state index >= 15 is 0 Å². The fourth-order valence-corrected chi connectivity index (χ4v) is 3.12. The summed E-state index contributed by atoms with van der Waals surface area (Å²) < 4.78 is 2.03. The number of aromatic nitrogens is 3. The minimum atomic E-state index is -0.846. The number of hydrogen-bond acceptors (Lipinski definition) is 5. The van der Waals surface area contributed by atoms with Gasteiger partial charge in [-0.05, 0) is 24.8 Å². The number of hydrogen-bond donors (Lipinski definition) is 1. The zero-order valence-corrected chi connectivity index (χ0v) is 12.4. The van der Waals surface area contributed by atoms with E-state index in [-0.39, 0.29) is 11.8 Å². The average Bonchev–Trinajstić information content (AvgIpc) is 3.03. The normalized spacial score (nSPS) is 12.5. The van der Waals surface area contributed by atoms with Gasteiger partial charge in [-0.1, -0.05) is 24.8 Å². The molecule has 1 N–H and O–H groups in total. The van der Waals surface area contributed by atoms with Crippen LogP contribution in [-0.4, -0.2) is 31.6 Å². The Morgan fingerprint density at radius 1 is 1.58 bits per heavy atom. The molecule has 7 heteroatoms. The van der Waals surface area contributed by atoms with Crippen LogP contribution in [0.3, 0.4) is 0 Å². The van der Waals surface area contributed by atoms with Crippen molar-refractivity contribution in [1.82, 2.24) is 14.8 Å². The highest BCUT2D eigenvalue weighted by atomic mass is 32.2. The third-order valence-electron chi connectivity index (χ3n) is 2.76. The van der Waals surface area contributed by atoms with Crippen LogP contribution in [-0.2, 0) is 4.79 Å². The first-order chi connectivity index (χ1) is 9.13. The number of rotatable bonds is 6. The predicted molar refractivity (Wildman–Crippen MR) is 76.7 cm³/mol. The predicted octanol–water partition coefficient (Wildman–Crippen LogP) is 3.15. The molecule has 0 bridgehead atoms. The number of carboxylic acids is 1. The number of carboxylic acid groups (broad SMARTS) is 1. The summed E-state index contributed by atoms with van der Waals surface area (Å²) in [5, 5.41) is 19.8. The van der Waals surface area contributed by atoms with Gasteiger partial charge in [0.2, 0.25) is 0 Å². The standard InChI is InChI=1S/C12H15N3O2S2/c1-3-8(2)15-11(9-5-4-6-18-9)13-14-12(15)19-7-10(16)17/h4-6,8H,3,7H2,1-2H3,(H,16,17). The number of thiophene rings is 1. The van der Waals surface area contributed by atoms with E-state index in [4.69, 9.17) is 5.11 Å². The number of nitrogens with zero attached hydrogens (tertiary/aromatic N) is 3. The van der Waals surface area contributed by atoms with E-state index in [0.717, 1.165) is 17.1 Å². The quantitative estimate of drug-likeness (QED) is 0.830. The van der Waals surface area contributed by atoms with Crippen LogP contribution in [0.5, 0.6) is 0 Å². The van der Waals surface area contributed by atoms with E-state index in [9.17, 15) is 4.79 Å². The molecule has 2 aromatic heterocycles. The van der Waals surface area contributed by atoms with Crippen molar-refractivity contribution >= 4 is 29.1 Å². The summed E-state index contributed by atoms with van der Waals surface area (Å²) in [5.74, 6) is -0.0300. The SMILES string of the molecule is CCC(C)n1c(SCC(=O)O)nnc1-c1cccs1. The molecule has 0 radical (unpaired) electrons. The fourth-order valence-electron chi connectivity index (χ4n) is 1.66. The van der Waals surface area contributed by atoms with Gasteiger partial charge < -0.3 is 5.11 Å². The molecule has 1 atom stereocenters. The molecular weight excluding hydrogens is 282 g/mol. The van der Waals surface area contributed by atoms with Crippen LogP contribution in [0.4, 0.5) is 0 Å². The zero-order valence-electron chi connectivity index (χ0n) is 10.7. The molecule has 102 valence electrons. The molecule has 2 aromatic rings. The third-order valence-corrected chi connectivity index (χ3v) is 4.56. The number of carbonyl (C=O) groups is 1. The monoisotopic (exact) mass is 297 g/mol. The van der Waals surface area contributed by atoms with Crippen LogP contribution in [0.25, 0.3) is 10.7 Å². The second kappa shape index (κ2) is 6.21. The lowest BCUT2D eigenvalue weighted by Crippen LogP contribution is -2.08. The van der Waals surface area contributed by atoms with Gasteiger partial charge in [-0.3, -0.25) is 9.36 Å². The molecule has 2 heterocycles. The molecule has 0 amide bonds. The summed E-state index contributed by atoms with van der Waals surface area (Å²) in [6, 6.07) is 4.21. The number of thioether (sulfide) groups is 1. The molecule has 0 spiro atoms. The molecule has 5 nitrogen and oxygen atoms in total. The Morgan fingerprint density at radius 2 is 2.37 bits per heavy atom. The van der Waals surface area contributed by atoms with Crippen LogP contribution < -0.4 is 0 Å². The Labute approximate surface area is 119 Å². The maximum atomic E-state index is 10.7. The lowest BCUT2D eigenvalue weighted by molar-refractivity contribution is -0.133. The van der Waals surface area contributed by atoms with Crippen LogP contribution in [0.15, 0.2) is 22.7 Å². The van der Waals surface area contributed by atoms with E-state index in [1.54, 1.807) is 11.3 Å². The smallest absolute Gasteiger partial charge is 0.313 e. The topological polar surface area (TPSA) is 68.0 Å². The maximum Gasteiger partial charge on any atom is 0.313 e. The highest BCUT2D eigenvalue weighted by molar-refractivity contribution is 7.99. The minimum Gasteiger partial charge on any atom is -0.481 e. The first-order valence-corrected chi connectivity index (χ1v) is 7.83. The lowest BCUT2D eigenvalue weighted by Gasteiger charge is -2.15. The van der Waals surface area contributed by atoms with Gasteiger partial charge in [-0.2, -0.15) is 0 Å². The van der Waals surface area contributed by atoms with Crippen molar-refractivity contribution in [3.8, 4) is 10.7 Å². The van der Waals surface area contributed by atoms with Gasteiger partial charge in [0.05, 0.1) is 10.6 Å². The highest BCUT2D eigenvalue weighted by Crippen LogP contribution is 2.31. The Morgan fingerprint density at radius 3 is 2.95 bits per heavy atom. The van der Waals surface area contributed by atoms with Crippen molar-refractivity contribution in [3.63, 3.8) is 0 Å². The second-order valence-corrected chi connectivity index (χ2v) is 5.98. The van der Waals surface area contributed by atoms with Gasteiger partial charge >= 0.3 is 5.97 Å². The summed E-state index contributed by atoms with van der Waals surface area (Å²) in [6.45, 7) is 4.18. The first kappa shape index (κ1) is 14.1. The Hall–Kier alpha value is -1.34. The van der Waals surface area contributed by atoms with Gasteiger partial charge in [0, 0.05) is 6.04 Å². The molecular formula is C12H15N3O2S2. The molecule has 0 aliphatic rings. The molecule has 0 aliphatic heterocycles. The van der Waals surface area contributed by atoms with Crippen molar-refractivity contribution < 1.29 is 9.90 Å². The van der Waals surface area contributed by atoms with Gasteiger partial charge in [0.25, 0.3) is 0 Å². The third kappa shape index (κ3) is 3.16. The molecule has 0 fully saturated rings. The lowest BCUT2D eigenvalue weighted by atomic mass is 10.2. The maximum absolute atomic E-state index is 10.7. The molecule has 1 unspecified atom stereocenters. The molecule has 0 saturated carbocycles. The van der Waals surface area contributed by atoms with Gasteiger partial charge in [-0.15, -0.1) is 21.5 Å². The Bertz CT molecular complexity index is 551. The van der Waals surface area contributed by atoms with Crippen molar-refractivity contribution in [2.24, 2.45) is 0 Å². The summed E-state index contributed by atoms with van der Waals surface area (Å²) in [6.07, 6.45) is 0.942. The van der Waals surface area contributed by atoms with Crippen LogP contribution in [0.1, 0.15) is 26.3 Å². The van der Waals surface area contributed by atoms with Crippen molar-refractivity contribution in [2.45, 2.75) is 31.5 Å². The molecule has 0 saturated heterocycles. The van der Waals surface area contributed by atoms with Crippen LogP contribution in [0, 0.1) is 0 Å². The summed E-state index contributed by atoms with van der Waals surface area (Å²) in [7, 11) is 0. The first-order valence-electron chi connectivity index (χ1n) is 5.96. The number of aliphatic carboxylic acids is 1. The Kier molecular flexibility index (Phi) is 4.60. The summed E-state index contributed by atoms with van der Waals surface area (Å²) >= 11 is 2.82. The van der Waals surface area contributed by atoms with E-state index in [1.165, 1.54) is 11.8 Å². The van der Waals surface area contributed by atoms with Gasteiger partial charge in [0.15, 0.2) is 11.0 Å². The van der Waals surface area contributed by atoms with E-state index < -0.39 is 5.97 Å². The zero-order chi connectivity index (χ0) is 13.8. The van der Waals surface area contributed by atoms with Crippen molar-refractivity contribution in [3.05, 3.63) is 17.5 Å².